The number of rotatable bonds is 4. The second-order valence-corrected chi connectivity index (χ2v) is 13.2. The van der Waals surface area contributed by atoms with Crippen molar-refractivity contribution in [2.45, 2.75) is 0 Å². The monoisotopic (exact) mass is 667 g/mol. The first-order valence-electron chi connectivity index (χ1n) is 19.8. The van der Waals surface area contributed by atoms with Crippen molar-refractivity contribution in [3.05, 3.63) is 182 Å². The molecular weight excluding hydrogens is 633 g/mol. The van der Waals surface area contributed by atoms with Crippen molar-refractivity contribution >= 4 is 65.4 Å². The zero-order chi connectivity index (χ0) is 38.5. The molecule has 52 heavy (non-hydrogen) atoms. The van der Waals surface area contributed by atoms with E-state index in [0.29, 0.717) is 5.56 Å². The summed E-state index contributed by atoms with van der Waals surface area (Å²) in [7, 11) is 0. The minimum absolute atomic E-state index is 0.183. The highest BCUT2D eigenvalue weighted by Gasteiger charge is 2.23. The normalized spacial score (nSPS) is 13.2. The van der Waals surface area contributed by atoms with Gasteiger partial charge < -0.3 is 8.83 Å². The van der Waals surface area contributed by atoms with Gasteiger partial charge in [-0.25, -0.2) is 0 Å². The zero-order valence-corrected chi connectivity index (χ0v) is 27.8. The fourth-order valence-electron chi connectivity index (χ4n) is 8.13. The van der Waals surface area contributed by atoms with Crippen LogP contribution in [0.1, 0.15) is 6.85 Å². The van der Waals surface area contributed by atoms with Gasteiger partial charge in [0.25, 0.3) is 0 Å². The molecule has 11 rings (SSSR count). The highest BCUT2D eigenvalue weighted by molar-refractivity contribution is 6.24. The fourth-order valence-corrected chi connectivity index (χ4v) is 8.13. The standard InChI is InChI=1S/C50H30O2/c1-2-13-31(14-3-1)48-38-17-4-6-19-40(38)50(41-20-7-5-18-39(41)48)49-34(32-25-27-46-42(29-32)36-15-8-10-23-44(36)51-46)21-12-22-35(49)33-26-28-47-43(30-33)37-16-9-11-24-45(37)52-47/h1-30H/i1D,2D,3D,13D,14D. The van der Waals surface area contributed by atoms with Gasteiger partial charge in [0.2, 0.25) is 0 Å². The third kappa shape index (κ3) is 4.31. The lowest BCUT2D eigenvalue weighted by Crippen LogP contribution is -1.95. The molecule has 0 N–H and O–H groups in total. The Morgan fingerprint density at radius 3 is 1.23 bits per heavy atom. The van der Waals surface area contributed by atoms with E-state index in [4.69, 9.17) is 15.7 Å². The first-order valence-corrected chi connectivity index (χ1v) is 17.3. The van der Waals surface area contributed by atoms with Gasteiger partial charge in [-0.15, -0.1) is 0 Å². The first kappa shape index (κ1) is 24.3. The Morgan fingerprint density at radius 2 is 0.731 bits per heavy atom. The lowest BCUT2D eigenvalue weighted by molar-refractivity contribution is 0.668. The van der Waals surface area contributed by atoms with Crippen LogP contribution in [0.5, 0.6) is 0 Å². The number of benzene rings is 9. The molecule has 2 aromatic heterocycles. The Bertz CT molecular complexity index is 3270. The van der Waals surface area contributed by atoms with Crippen molar-refractivity contribution in [1.82, 2.24) is 0 Å². The van der Waals surface area contributed by atoms with Gasteiger partial charge >= 0.3 is 0 Å². The van der Waals surface area contributed by atoms with Crippen LogP contribution in [0.2, 0.25) is 0 Å². The Morgan fingerprint density at radius 1 is 0.308 bits per heavy atom. The minimum atomic E-state index is -0.415. The number of hydrogen-bond acceptors (Lipinski definition) is 2. The molecule has 0 saturated heterocycles. The number of furan rings is 2. The molecule has 0 aliphatic heterocycles. The lowest BCUT2D eigenvalue weighted by atomic mass is 9.81. The van der Waals surface area contributed by atoms with E-state index in [1.807, 2.05) is 84.9 Å². The molecule has 0 aliphatic rings. The molecule has 0 saturated carbocycles. The van der Waals surface area contributed by atoms with Crippen molar-refractivity contribution in [2.24, 2.45) is 0 Å². The number of fused-ring (bicyclic) bond motifs is 8. The van der Waals surface area contributed by atoms with E-state index in [1.165, 1.54) is 0 Å². The molecule has 0 aliphatic carbocycles. The third-order valence-corrected chi connectivity index (χ3v) is 10.4. The van der Waals surface area contributed by atoms with Crippen molar-refractivity contribution in [1.29, 1.82) is 0 Å². The summed E-state index contributed by atoms with van der Waals surface area (Å²) in [5.74, 6) is 0. The van der Waals surface area contributed by atoms with Crippen LogP contribution in [-0.4, -0.2) is 0 Å². The van der Waals surface area contributed by atoms with Crippen LogP contribution >= 0.6 is 0 Å². The second kappa shape index (κ2) is 11.3. The molecule has 242 valence electrons. The maximum absolute atomic E-state index is 9.07. The topological polar surface area (TPSA) is 26.3 Å². The van der Waals surface area contributed by atoms with Crippen LogP contribution in [0.15, 0.2) is 191 Å². The molecule has 0 unspecified atom stereocenters. The molecule has 2 heteroatoms. The van der Waals surface area contributed by atoms with Gasteiger partial charge in [-0.3, -0.25) is 0 Å². The number of para-hydroxylation sites is 2. The Kier molecular flexibility index (Phi) is 5.28. The van der Waals surface area contributed by atoms with E-state index in [-0.39, 0.29) is 29.7 Å². The largest absolute Gasteiger partial charge is 0.456 e. The molecule has 0 amide bonds. The average Bonchev–Trinajstić information content (AvgIpc) is 3.82. The van der Waals surface area contributed by atoms with Crippen molar-refractivity contribution in [2.75, 3.05) is 0 Å². The molecule has 9 aromatic carbocycles. The van der Waals surface area contributed by atoms with Crippen molar-refractivity contribution in [3.63, 3.8) is 0 Å². The molecule has 0 fully saturated rings. The Labute approximate surface area is 306 Å². The molecule has 11 aromatic rings. The summed E-state index contributed by atoms with van der Waals surface area (Å²) < 4.78 is 56.2. The summed E-state index contributed by atoms with van der Waals surface area (Å²) in [5.41, 5.74) is 10.1. The van der Waals surface area contributed by atoms with Gasteiger partial charge in [-0.2, -0.15) is 0 Å². The predicted molar refractivity (Wildman–Crippen MR) is 218 cm³/mol. The summed E-state index contributed by atoms with van der Waals surface area (Å²) in [5, 5.41) is 7.52. The first-order chi connectivity index (χ1) is 27.9. The Hall–Kier alpha value is -6.90. The van der Waals surface area contributed by atoms with Crippen LogP contribution in [0.25, 0.3) is 110 Å². The molecule has 0 atom stereocenters. The predicted octanol–water partition coefficient (Wildman–Crippen LogP) is 14.5. The summed E-state index contributed by atoms with van der Waals surface area (Å²) in [6, 6.07) is 49.8. The molecule has 0 bridgehead atoms. The van der Waals surface area contributed by atoms with Gasteiger partial charge in [0.1, 0.15) is 22.3 Å². The SMILES string of the molecule is [2H]c1c([2H])c([2H])c(-c2c3ccccc3c(-c3c(-c4ccc5oc6ccccc6c5c4)cccc3-c3ccc4oc5ccccc5c4c3)c3ccccc23)c([2H])c1[2H]. The summed E-state index contributed by atoms with van der Waals surface area (Å²) in [6.45, 7) is 0. The van der Waals surface area contributed by atoms with Gasteiger partial charge in [0.05, 0.1) is 6.85 Å². The van der Waals surface area contributed by atoms with E-state index in [2.05, 4.69) is 66.7 Å². The fraction of sp³-hybridized carbons (Fsp3) is 0. The van der Waals surface area contributed by atoms with Gasteiger partial charge in [-0.05, 0) is 102 Å². The maximum atomic E-state index is 9.07. The molecular formula is C50H30O2. The highest BCUT2D eigenvalue weighted by Crippen LogP contribution is 2.50. The Balaban J connectivity index is 1.29. The van der Waals surface area contributed by atoms with Crippen LogP contribution < -0.4 is 0 Å². The summed E-state index contributed by atoms with van der Waals surface area (Å²) in [6.07, 6.45) is 0. The van der Waals surface area contributed by atoms with Gasteiger partial charge in [-0.1, -0.05) is 145 Å². The maximum Gasteiger partial charge on any atom is 0.135 e. The van der Waals surface area contributed by atoms with E-state index in [1.54, 1.807) is 0 Å². The van der Waals surface area contributed by atoms with Gasteiger partial charge in [0.15, 0.2) is 0 Å². The van der Waals surface area contributed by atoms with E-state index < -0.39 is 6.04 Å². The van der Waals surface area contributed by atoms with Crippen molar-refractivity contribution in [3.8, 4) is 44.5 Å². The van der Waals surface area contributed by atoms with Crippen LogP contribution in [0, 0.1) is 0 Å². The van der Waals surface area contributed by atoms with E-state index in [0.717, 1.165) is 98.8 Å². The molecule has 2 nitrogen and oxygen atoms in total. The minimum Gasteiger partial charge on any atom is -0.456 e. The lowest BCUT2D eigenvalue weighted by Gasteiger charge is -2.22. The quantitative estimate of drug-likeness (QED) is 0.175. The second-order valence-electron chi connectivity index (χ2n) is 13.2. The van der Waals surface area contributed by atoms with Crippen LogP contribution in [-0.2, 0) is 0 Å². The van der Waals surface area contributed by atoms with Crippen molar-refractivity contribution < 1.29 is 15.7 Å². The highest BCUT2D eigenvalue weighted by atomic mass is 16.3. The molecule has 0 radical (unpaired) electrons. The van der Waals surface area contributed by atoms with E-state index >= 15 is 0 Å². The van der Waals surface area contributed by atoms with Crippen LogP contribution in [0.4, 0.5) is 0 Å². The summed E-state index contributed by atoms with van der Waals surface area (Å²) >= 11 is 0. The number of hydrogen-bond donors (Lipinski definition) is 0. The zero-order valence-electron chi connectivity index (χ0n) is 32.8. The molecule has 0 spiro atoms. The van der Waals surface area contributed by atoms with Gasteiger partial charge in [0, 0.05) is 21.5 Å². The summed E-state index contributed by atoms with van der Waals surface area (Å²) in [4.78, 5) is 0. The average molecular weight is 668 g/mol. The van der Waals surface area contributed by atoms with Crippen LogP contribution in [0.3, 0.4) is 0 Å². The third-order valence-electron chi connectivity index (χ3n) is 10.4. The smallest absolute Gasteiger partial charge is 0.135 e. The molecule has 2 heterocycles. The van der Waals surface area contributed by atoms with E-state index in [9.17, 15) is 0 Å².